The van der Waals surface area contributed by atoms with E-state index in [2.05, 4.69) is 10.3 Å². The third-order valence-corrected chi connectivity index (χ3v) is 6.39. The van der Waals surface area contributed by atoms with Crippen molar-refractivity contribution in [3.63, 3.8) is 0 Å². The molecule has 2 fully saturated rings. The number of hydrogen-bond donors (Lipinski definition) is 2. The van der Waals surface area contributed by atoms with Crippen molar-refractivity contribution >= 4 is 17.7 Å². The van der Waals surface area contributed by atoms with Gasteiger partial charge in [0.15, 0.2) is 0 Å². The average molecular weight is 492 g/mol. The molecule has 35 heavy (non-hydrogen) atoms. The molecule has 2 aromatic rings. The fraction of sp³-hybridized carbons (Fsp3) is 0.458. The molecule has 1 aromatic heterocycles. The molecule has 11 heteroatoms. The zero-order chi connectivity index (χ0) is 25.0. The standard InChI is InChI=1S/C24H27F3N4O4/c25-24(26,27)17-2-4-19(5-3-17)30-13-9-20(10-14-30)35-21-6-1-16(15-28-21)22(32)29-18-7-11-31(12-8-18)23(33)34/h1-6,15,18,20H,7-14H2,(H,29,32)(H,33,34). The fourth-order valence-corrected chi connectivity index (χ4v) is 4.33. The molecule has 0 spiro atoms. The smallest absolute Gasteiger partial charge is 0.416 e. The molecule has 0 unspecified atom stereocenters. The lowest BCUT2D eigenvalue weighted by Crippen LogP contribution is -2.46. The van der Waals surface area contributed by atoms with Crippen LogP contribution in [0.3, 0.4) is 0 Å². The third kappa shape index (κ3) is 6.34. The van der Waals surface area contributed by atoms with Crippen molar-refractivity contribution in [2.75, 3.05) is 31.1 Å². The number of benzene rings is 1. The summed E-state index contributed by atoms with van der Waals surface area (Å²) in [4.78, 5) is 31.1. The summed E-state index contributed by atoms with van der Waals surface area (Å²) in [5.41, 5.74) is 0.486. The molecule has 2 N–H and O–H groups in total. The van der Waals surface area contributed by atoms with Crippen molar-refractivity contribution in [1.82, 2.24) is 15.2 Å². The van der Waals surface area contributed by atoms with Gasteiger partial charge in [-0.1, -0.05) is 0 Å². The van der Waals surface area contributed by atoms with Gasteiger partial charge in [-0.3, -0.25) is 4.79 Å². The Labute approximate surface area is 200 Å². The van der Waals surface area contributed by atoms with Crippen molar-refractivity contribution in [2.24, 2.45) is 0 Å². The van der Waals surface area contributed by atoms with E-state index in [0.29, 0.717) is 63.3 Å². The number of aromatic nitrogens is 1. The molecule has 0 bridgehead atoms. The lowest BCUT2D eigenvalue weighted by atomic mass is 10.0. The minimum absolute atomic E-state index is 0.0766. The lowest BCUT2D eigenvalue weighted by Gasteiger charge is -2.33. The average Bonchev–Trinajstić information content (AvgIpc) is 2.85. The van der Waals surface area contributed by atoms with Crippen LogP contribution in [-0.4, -0.2) is 65.3 Å². The Morgan fingerprint density at radius 1 is 0.971 bits per heavy atom. The number of rotatable bonds is 5. The molecule has 0 saturated carbocycles. The summed E-state index contributed by atoms with van der Waals surface area (Å²) in [7, 11) is 0. The van der Waals surface area contributed by atoms with Gasteiger partial charge in [-0.2, -0.15) is 13.2 Å². The number of piperidine rings is 2. The predicted octanol–water partition coefficient (Wildman–Crippen LogP) is 4.02. The van der Waals surface area contributed by atoms with Gasteiger partial charge >= 0.3 is 12.3 Å². The first kappa shape index (κ1) is 24.6. The van der Waals surface area contributed by atoms with Gasteiger partial charge in [0.2, 0.25) is 5.88 Å². The second-order valence-electron chi connectivity index (χ2n) is 8.75. The largest absolute Gasteiger partial charge is 0.474 e. The number of carboxylic acid groups (broad SMARTS) is 1. The SMILES string of the molecule is O=C(NC1CCN(C(=O)O)CC1)c1ccc(OC2CCN(c3ccc(C(F)(F)F)cc3)CC2)nc1. The van der Waals surface area contributed by atoms with E-state index < -0.39 is 17.8 Å². The number of carbonyl (C=O) groups excluding carboxylic acids is 1. The number of anilines is 1. The van der Waals surface area contributed by atoms with Crippen LogP contribution < -0.4 is 15.0 Å². The molecule has 0 radical (unpaired) electrons. The Morgan fingerprint density at radius 3 is 2.17 bits per heavy atom. The zero-order valence-electron chi connectivity index (χ0n) is 19.0. The molecule has 3 heterocycles. The number of halogens is 3. The van der Waals surface area contributed by atoms with E-state index in [-0.39, 0.29) is 18.1 Å². The number of alkyl halides is 3. The molecule has 188 valence electrons. The molecular weight excluding hydrogens is 465 g/mol. The lowest BCUT2D eigenvalue weighted by molar-refractivity contribution is -0.137. The Balaban J connectivity index is 1.23. The molecule has 2 aliphatic rings. The van der Waals surface area contributed by atoms with Crippen LogP contribution in [0.2, 0.25) is 0 Å². The van der Waals surface area contributed by atoms with Crippen molar-refractivity contribution in [3.05, 3.63) is 53.7 Å². The normalized spacial score (nSPS) is 17.8. The Kier molecular flexibility index (Phi) is 7.32. The minimum Gasteiger partial charge on any atom is -0.474 e. The predicted molar refractivity (Wildman–Crippen MR) is 122 cm³/mol. The maximum absolute atomic E-state index is 12.8. The summed E-state index contributed by atoms with van der Waals surface area (Å²) in [6, 6.07) is 8.38. The van der Waals surface area contributed by atoms with Gasteiger partial charge in [-0.15, -0.1) is 0 Å². The number of likely N-dealkylation sites (tertiary alicyclic amines) is 1. The van der Waals surface area contributed by atoms with Crippen molar-refractivity contribution in [2.45, 2.75) is 44.0 Å². The Bertz CT molecular complexity index is 1010. The van der Waals surface area contributed by atoms with Crippen LogP contribution in [0.4, 0.5) is 23.7 Å². The van der Waals surface area contributed by atoms with Crippen LogP contribution in [0.5, 0.6) is 5.88 Å². The van der Waals surface area contributed by atoms with Crippen molar-refractivity contribution in [3.8, 4) is 5.88 Å². The Hall–Kier alpha value is -3.50. The molecule has 1 aromatic carbocycles. The van der Waals surface area contributed by atoms with Gasteiger partial charge < -0.3 is 25.0 Å². The number of carbonyl (C=O) groups is 2. The van der Waals surface area contributed by atoms with Crippen LogP contribution in [0, 0.1) is 0 Å². The summed E-state index contributed by atoms with van der Waals surface area (Å²) < 4.78 is 44.2. The highest BCUT2D eigenvalue weighted by Gasteiger charge is 2.30. The van der Waals surface area contributed by atoms with Crippen LogP contribution in [0.25, 0.3) is 0 Å². The van der Waals surface area contributed by atoms with Crippen LogP contribution in [0.15, 0.2) is 42.6 Å². The van der Waals surface area contributed by atoms with E-state index in [1.807, 2.05) is 4.90 Å². The maximum Gasteiger partial charge on any atom is 0.416 e. The summed E-state index contributed by atoms with van der Waals surface area (Å²) in [6.07, 6.45) is -1.39. The summed E-state index contributed by atoms with van der Waals surface area (Å²) in [6.45, 7) is 2.08. The van der Waals surface area contributed by atoms with E-state index in [4.69, 9.17) is 9.84 Å². The van der Waals surface area contributed by atoms with Gasteiger partial charge in [0, 0.05) is 63.0 Å². The number of hydrogen-bond acceptors (Lipinski definition) is 5. The van der Waals surface area contributed by atoms with Gasteiger partial charge in [0.25, 0.3) is 5.91 Å². The number of nitrogens with one attached hydrogen (secondary N) is 1. The molecule has 4 rings (SSSR count). The minimum atomic E-state index is -4.34. The van der Waals surface area contributed by atoms with Gasteiger partial charge in [-0.05, 0) is 43.2 Å². The van der Waals surface area contributed by atoms with Gasteiger partial charge in [0.1, 0.15) is 6.10 Å². The third-order valence-electron chi connectivity index (χ3n) is 6.39. The maximum atomic E-state index is 12.8. The fourth-order valence-electron chi connectivity index (χ4n) is 4.33. The molecule has 2 saturated heterocycles. The molecule has 0 atom stereocenters. The highest BCUT2D eigenvalue weighted by Crippen LogP contribution is 2.31. The molecule has 2 amide bonds. The van der Waals surface area contributed by atoms with Crippen molar-refractivity contribution < 1.29 is 32.6 Å². The molecule has 0 aliphatic carbocycles. The molecule has 2 aliphatic heterocycles. The van der Waals surface area contributed by atoms with Crippen LogP contribution >= 0.6 is 0 Å². The number of amides is 2. The number of ether oxygens (including phenoxy) is 1. The van der Waals surface area contributed by atoms with Gasteiger partial charge in [-0.25, -0.2) is 9.78 Å². The first-order valence-corrected chi connectivity index (χ1v) is 11.5. The van der Waals surface area contributed by atoms with E-state index in [9.17, 15) is 22.8 Å². The van der Waals surface area contributed by atoms with E-state index in [1.165, 1.54) is 23.2 Å². The molecule has 8 nitrogen and oxygen atoms in total. The summed E-state index contributed by atoms with van der Waals surface area (Å²) in [5, 5.41) is 11.9. The van der Waals surface area contributed by atoms with Crippen LogP contribution in [0.1, 0.15) is 41.6 Å². The highest BCUT2D eigenvalue weighted by atomic mass is 19.4. The summed E-state index contributed by atoms with van der Waals surface area (Å²) >= 11 is 0. The second kappa shape index (κ2) is 10.4. The van der Waals surface area contributed by atoms with E-state index in [1.54, 1.807) is 12.1 Å². The monoisotopic (exact) mass is 492 g/mol. The number of nitrogens with zero attached hydrogens (tertiary/aromatic N) is 3. The zero-order valence-corrected chi connectivity index (χ0v) is 19.0. The quantitative estimate of drug-likeness (QED) is 0.655. The van der Waals surface area contributed by atoms with Gasteiger partial charge in [0.05, 0.1) is 11.1 Å². The van der Waals surface area contributed by atoms with E-state index >= 15 is 0 Å². The van der Waals surface area contributed by atoms with E-state index in [0.717, 1.165) is 17.8 Å². The first-order chi connectivity index (χ1) is 16.7. The summed E-state index contributed by atoms with van der Waals surface area (Å²) in [5.74, 6) is 0.145. The number of pyridine rings is 1. The topological polar surface area (TPSA) is 95.0 Å². The molecular formula is C24H27F3N4O4. The first-order valence-electron chi connectivity index (χ1n) is 11.5. The Morgan fingerprint density at radius 2 is 1.63 bits per heavy atom. The van der Waals surface area contributed by atoms with Crippen LogP contribution in [-0.2, 0) is 6.18 Å². The second-order valence-corrected chi connectivity index (χ2v) is 8.75. The van der Waals surface area contributed by atoms with Crippen molar-refractivity contribution in [1.29, 1.82) is 0 Å². The highest BCUT2D eigenvalue weighted by molar-refractivity contribution is 5.94.